The molecule has 0 bridgehead atoms. The third-order valence-corrected chi connectivity index (χ3v) is 5.54. The maximum atomic E-state index is 4.39. The van der Waals surface area contributed by atoms with Crippen LogP contribution in [0.1, 0.15) is 25.0 Å². The van der Waals surface area contributed by atoms with Crippen LogP contribution < -0.4 is 10.3 Å². The normalized spacial score (nSPS) is 11.1. The highest BCUT2D eigenvalue weighted by Gasteiger charge is 2.04. The van der Waals surface area contributed by atoms with Crippen LogP contribution in [-0.2, 0) is 5.75 Å². The van der Waals surface area contributed by atoms with E-state index >= 15 is 0 Å². The van der Waals surface area contributed by atoms with Gasteiger partial charge in [0, 0.05) is 29.0 Å². The van der Waals surface area contributed by atoms with Crippen molar-refractivity contribution in [3.63, 3.8) is 0 Å². The van der Waals surface area contributed by atoms with Gasteiger partial charge in [-0.2, -0.15) is 10.1 Å². The fraction of sp³-hybridized carbons (Fsp3) is 0.250. The van der Waals surface area contributed by atoms with Crippen LogP contribution in [0.15, 0.2) is 63.3 Å². The molecule has 0 saturated heterocycles. The number of hydrogen-bond donors (Lipinski definition) is 2. The van der Waals surface area contributed by atoms with E-state index in [1.54, 1.807) is 18.0 Å². The third-order valence-electron chi connectivity index (χ3n) is 4.13. The number of benzene rings is 2. The predicted octanol–water partition coefficient (Wildman–Crippen LogP) is 5.15. The van der Waals surface area contributed by atoms with Gasteiger partial charge in [-0.05, 0) is 49.2 Å². The molecule has 0 unspecified atom stereocenters. The van der Waals surface area contributed by atoms with Gasteiger partial charge in [0.1, 0.15) is 0 Å². The fourth-order valence-corrected chi connectivity index (χ4v) is 3.85. The van der Waals surface area contributed by atoms with Crippen LogP contribution in [0, 0.1) is 0 Å². The van der Waals surface area contributed by atoms with Gasteiger partial charge in [0.2, 0.25) is 11.1 Å². The molecule has 0 amide bonds. The zero-order chi connectivity index (χ0) is 19.8. The molecule has 2 aromatic carbocycles. The maximum absolute atomic E-state index is 4.39. The van der Waals surface area contributed by atoms with E-state index in [2.05, 4.69) is 96.8 Å². The molecule has 2 N–H and O–H groups in total. The molecule has 0 spiro atoms. The Hall–Kier alpha value is -2.32. The van der Waals surface area contributed by atoms with Gasteiger partial charge in [0.05, 0.1) is 6.21 Å². The number of rotatable bonds is 9. The number of thioether (sulfide) groups is 1. The van der Waals surface area contributed by atoms with Crippen molar-refractivity contribution in [1.29, 1.82) is 0 Å². The predicted molar refractivity (Wildman–Crippen MR) is 121 cm³/mol. The molecule has 6 nitrogen and oxygen atoms in total. The van der Waals surface area contributed by atoms with Crippen molar-refractivity contribution in [2.75, 3.05) is 23.4 Å². The number of aromatic amines is 1. The average Bonchev–Trinajstić information content (AvgIpc) is 3.16. The number of aromatic nitrogens is 3. The van der Waals surface area contributed by atoms with Crippen molar-refractivity contribution in [3.05, 3.63) is 64.1 Å². The molecule has 0 fully saturated rings. The van der Waals surface area contributed by atoms with Gasteiger partial charge in [-0.25, -0.2) is 10.5 Å². The first kappa shape index (κ1) is 20.4. The molecule has 146 valence electrons. The van der Waals surface area contributed by atoms with Crippen molar-refractivity contribution in [2.24, 2.45) is 5.10 Å². The summed E-state index contributed by atoms with van der Waals surface area (Å²) in [5, 5.41) is 12.0. The van der Waals surface area contributed by atoms with Crippen LogP contribution >= 0.6 is 27.7 Å². The monoisotopic (exact) mass is 458 g/mol. The number of hydrazone groups is 1. The van der Waals surface area contributed by atoms with Crippen molar-refractivity contribution in [2.45, 2.75) is 24.8 Å². The van der Waals surface area contributed by atoms with Crippen LogP contribution in [0.5, 0.6) is 0 Å². The van der Waals surface area contributed by atoms with E-state index in [1.165, 1.54) is 11.3 Å². The largest absolute Gasteiger partial charge is 0.372 e. The molecule has 0 saturated carbocycles. The summed E-state index contributed by atoms with van der Waals surface area (Å²) in [7, 11) is 0. The summed E-state index contributed by atoms with van der Waals surface area (Å²) in [5.74, 6) is 1.33. The molecule has 3 rings (SSSR count). The lowest BCUT2D eigenvalue weighted by atomic mass is 10.2. The third kappa shape index (κ3) is 5.84. The number of nitrogens with one attached hydrogen (secondary N) is 2. The SMILES string of the molecule is CCN(CC)c1ccc(/C=N/Nc2nc(SCc3cccc(Br)c3)n[nH]2)cc1. The Balaban J connectivity index is 1.51. The Bertz CT molecular complexity index is 905. The molecule has 1 aromatic heterocycles. The highest BCUT2D eigenvalue weighted by Crippen LogP contribution is 2.22. The molecule has 3 aromatic rings. The van der Waals surface area contributed by atoms with Gasteiger partial charge in [-0.3, -0.25) is 0 Å². The minimum absolute atomic E-state index is 0.521. The van der Waals surface area contributed by atoms with Crippen molar-refractivity contribution in [1.82, 2.24) is 15.2 Å². The van der Waals surface area contributed by atoms with Gasteiger partial charge in [-0.1, -0.05) is 52.0 Å². The molecule has 0 radical (unpaired) electrons. The minimum Gasteiger partial charge on any atom is -0.372 e. The Morgan fingerprint density at radius 2 is 1.96 bits per heavy atom. The van der Waals surface area contributed by atoms with Crippen LogP contribution in [-0.4, -0.2) is 34.5 Å². The molecule has 8 heteroatoms. The quantitative estimate of drug-likeness (QED) is 0.263. The Morgan fingerprint density at radius 3 is 2.68 bits per heavy atom. The summed E-state index contributed by atoms with van der Waals surface area (Å²) >= 11 is 5.05. The highest BCUT2D eigenvalue weighted by molar-refractivity contribution is 9.10. The molecule has 0 aliphatic carbocycles. The first-order valence-electron chi connectivity index (χ1n) is 9.11. The van der Waals surface area contributed by atoms with E-state index < -0.39 is 0 Å². The summed E-state index contributed by atoms with van der Waals surface area (Å²) in [5.41, 5.74) is 6.34. The van der Waals surface area contributed by atoms with Gasteiger partial charge in [-0.15, -0.1) is 5.10 Å². The lowest BCUT2D eigenvalue weighted by Crippen LogP contribution is -2.21. The highest BCUT2D eigenvalue weighted by atomic mass is 79.9. The number of nitrogens with zero attached hydrogens (tertiary/aromatic N) is 4. The van der Waals surface area contributed by atoms with Crippen molar-refractivity contribution in [3.8, 4) is 0 Å². The topological polar surface area (TPSA) is 69.2 Å². The molecule has 1 heterocycles. The molecule has 0 aliphatic heterocycles. The molecule has 28 heavy (non-hydrogen) atoms. The van der Waals surface area contributed by atoms with E-state index in [1.807, 2.05) is 12.1 Å². The summed E-state index contributed by atoms with van der Waals surface area (Å²) in [6, 6.07) is 16.5. The van der Waals surface area contributed by atoms with Crippen LogP contribution in [0.2, 0.25) is 0 Å². The summed E-state index contributed by atoms with van der Waals surface area (Å²) < 4.78 is 1.07. The number of hydrogen-bond acceptors (Lipinski definition) is 6. The second-order valence-corrected chi connectivity index (χ2v) is 7.88. The standard InChI is InChI=1S/C20H23BrN6S/c1-3-27(4-2)18-10-8-15(9-11-18)13-22-24-19-23-20(26-25-19)28-14-16-6-5-7-17(21)12-16/h5-13H,3-4,14H2,1-2H3,(H2,23,24,25,26)/b22-13+. The molecular weight excluding hydrogens is 436 g/mol. The summed E-state index contributed by atoms with van der Waals surface area (Å²) in [6.07, 6.45) is 1.77. The van der Waals surface area contributed by atoms with Gasteiger partial charge >= 0.3 is 0 Å². The zero-order valence-corrected chi connectivity index (χ0v) is 18.3. The summed E-state index contributed by atoms with van der Waals surface area (Å²) in [4.78, 5) is 6.70. The van der Waals surface area contributed by atoms with E-state index in [9.17, 15) is 0 Å². The zero-order valence-electron chi connectivity index (χ0n) is 15.9. The van der Waals surface area contributed by atoms with Crippen molar-refractivity contribution >= 4 is 45.5 Å². The minimum atomic E-state index is 0.521. The van der Waals surface area contributed by atoms with E-state index in [0.29, 0.717) is 11.1 Å². The molecule has 0 atom stereocenters. The van der Waals surface area contributed by atoms with Crippen LogP contribution in [0.4, 0.5) is 11.6 Å². The average molecular weight is 459 g/mol. The van der Waals surface area contributed by atoms with Gasteiger partial charge in [0.15, 0.2) is 0 Å². The number of halogens is 1. The lowest BCUT2D eigenvalue weighted by molar-refractivity contribution is 0.866. The lowest BCUT2D eigenvalue weighted by Gasteiger charge is -2.20. The fourth-order valence-electron chi connectivity index (χ4n) is 2.66. The molecule has 0 aliphatic rings. The Labute approximate surface area is 178 Å². The van der Waals surface area contributed by atoms with Gasteiger partial charge in [0.25, 0.3) is 0 Å². The number of H-pyrrole nitrogens is 1. The van der Waals surface area contributed by atoms with E-state index in [4.69, 9.17) is 0 Å². The smallest absolute Gasteiger partial charge is 0.240 e. The first-order chi connectivity index (χ1) is 13.7. The second kappa shape index (κ2) is 10.3. The van der Waals surface area contributed by atoms with E-state index in [-0.39, 0.29) is 0 Å². The van der Waals surface area contributed by atoms with Gasteiger partial charge < -0.3 is 4.90 Å². The maximum Gasteiger partial charge on any atom is 0.240 e. The molecular formula is C20H23BrN6S. The van der Waals surface area contributed by atoms with Crippen LogP contribution in [0.25, 0.3) is 0 Å². The van der Waals surface area contributed by atoms with Crippen molar-refractivity contribution < 1.29 is 0 Å². The Morgan fingerprint density at radius 1 is 1.18 bits per heavy atom. The van der Waals surface area contributed by atoms with E-state index in [0.717, 1.165) is 28.9 Å². The summed E-state index contributed by atoms with van der Waals surface area (Å²) in [6.45, 7) is 6.31. The number of anilines is 2. The second-order valence-electron chi connectivity index (χ2n) is 6.02. The van der Waals surface area contributed by atoms with Crippen LogP contribution in [0.3, 0.4) is 0 Å². The Kier molecular flexibility index (Phi) is 7.50. The first-order valence-corrected chi connectivity index (χ1v) is 10.9.